The van der Waals surface area contributed by atoms with E-state index in [9.17, 15) is 13.2 Å². The van der Waals surface area contributed by atoms with Gasteiger partial charge in [0, 0.05) is 17.9 Å². The van der Waals surface area contributed by atoms with Gasteiger partial charge < -0.3 is 9.31 Å². The lowest BCUT2D eigenvalue weighted by Crippen LogP contribution is -2.41. The van der Waals surface area contributed by atoms with Gasteiger partial charge in [0.1, 0.15) is 0 Å². The number of rotatable bonds is 2. The molecule has 0 saturated carbocycles. The number of hydrogen-bond acceptors (Lipinski definition) is 3. The van der Waals surface area contributed by atoms with Crippen molar-refractivity contribution < 1.29 is 22.5 Å². The Hall–Kier alpha value is -1.51. The molecule has 4 nitrogen and oxygen atoms in total. The predicted octanol–water partition coefficient (Wildman–Crippen LogP) is 3.84. The maximum absolute atomic E-state index is 12.9. The molecule has 0 aliphatic carbocycles. The van der Waals surface area contributed by atoms with Gasteiger partial charge in [0.2, 0.25) is 0 Å². The van der Waals surface area contributed by atoms with Crippen LogP contribution < -0.4 is 5.46 Å². The molecule has 1 aliphatic heterocycles. The Morgan fingerprint density at radius 1 is 1.12 bits per heavy atom. The van der Waals surface area contributed by atoms with E-state index in [1.54, 1.807) is 6.20 Å². The van der Waals surface area contributed by atoms with Crippen LogP contribution >= 0.6 is 11.6 Å². The van der Waals surface area contributed by atoms with Crippen LogP contribution in [0.25, 0.3) is 5.69 Å². The fraction of sp³-hybridized carbons (Fsp3) is 0.438. The van der Waals surface area contributed by atoms with E-state index in [1.165, 1.54) is 16.9 Å². The molecular weight excluding hydrogens is 355 g/mol. The van der Waals surface area contributed by atoms with Crippen molar-refractivity contribution in [3.05, 3.63) is 41.2 Å². The number of nitrogens with zero attached hydrogens (tertiary/aromatic N) is 2. The summed E-state index contributed by atoms with van der Waals surface area (Å²) in [6.07, 6.45) is -1.40. The average molecular weight is 373 g/mol. The molecule has 25 heavy (non-hydrogen) atoms. The second-order valence-electron chi connectivity index (χ2n) is 6.97. The Balaban J connectivity index is 1.93. The standard InChI is InChI=1S/C16H17BClF3N2O2/c1-14(2)15(3,4)25-17(24-14)11-8-22-23(9-11)13-7-10(16(19,20)21)5-6-12(13)18/h5-9H,1-4H3. The average Bonchev–Trinajstić information content (AvgIpc) is 3.01. The van der Waals surface area contributed by atoms with Crippen molar-refractivity contribution in [1.29, 1.82) is 0 Å². The number of hydrogen-bond donors (Lipinski definition) is 0. The van der Waals surface area contributed by atoms with E-state index in [0.29, 0.717) is 5.46 Å². The Morgan fingerprint density at radius 3 is 2.28 bits per heavy atom. The third-order valence-electron chi connectivity index (χ3n) is 4.65. The number of aromatic nitrogens is 2. The molecule has 1 aromatic heterocycles. The van der Waals surface area contributed by atoms with Crippen molar-refractivity contribution in [3.63, 3.8) is 0 Å². The van der Waals surface area contributed by atoms with Crippen molar-refractivity contribution in [3.8, 4) is 5.69 Å². The summed E-state index contributed by atoms with van der Waals surface area (Å²) in [5, 5.41) is 4.28. The molecule has 0 atom stereocenters. The van der Waals surface area contributed by atoms with E-state index in [1.807, 2.05) is 27.7 Å². The normalized spacial score (nSPS) is 19.4. The van der Waals surface area contributed by atoms with E-state index in [4.69, 9.17) is 20.9 Å². The van der Waals surface area contributed by atoms with Crippen LogP contribution in [0.2, 0.25) is 5.02 Å². The molecule has 0 bridgehead atoms. The van der Waals surface area contributed by atoms with Crippen LogP contribution in [0, 0.1) is 0 Å². The Morgan fingerprint density at radius 2 is 1.72 bits per heavy atom. The topological polar surface area (TPSA) is 36.3 Å². The Labute approximate surface area is 149 Å². The molecule has 0 amide bonds. The number of halogens is 4. The van der Waals surface area contributed by atoms with Crippen LogP contribution in [0.4, 0.5) is 13.2 Å². The first kappa shape index (κ1) is 18.3. The molecule has 9 heteroatoms. The summed E-state index contributed by atoms with van der Waals surface area (Å²) >= 11 is 6.05. The van der Waals surface area contributed by atoms with Crippen molar-refractivity contribution in [2.45, 2.75) is 45.1 Å². The van der Waals surface area contributed by atoms with Gasteiger partial charge in [-0.1, -0.05) is 11.6 Å². The van der Waals surface area contributed by atoms with Gasteiger partial charge in [0.25, 0.3) is 0 Å². The summed E-state index contributed by atoms with van der Waals surface area (Å²) in [5.41, 5.74) is -1.09. The fourth-order valence-corrected chi connectivity index (χ4v) is 2.64. The second kappa shape index (κ2) is 5.76. The summed E-state index contributed by atoms with van der Waals surface area (Å²) in [5.74, 6) is 0. The first-order chi connectivity index (χ1) is 11.4. The molecule has 1 saturated heterocycles. The van der Waals surface area contributed by atoms with E-state index in [2.05, 4.69) is 5.10 Å². The fourth-order valence-electron chi connectivity index (χ4n) is 2.43. The number of alkyl halides is 3. The minimum atomic E-state index is -4.46. The summed E-state index contributed by atoms with van der Waals surface area (Å²) in [6.45, 7) is 7.67. The lowest BCUT2D eigenvalue weighted by Gasteiger charge is -2.32. The molecule has 2 heterocycles. The third-order valence-corrected chi connectivity index (χ3v) is 4.97. The van der Waals surface area contributed by atoms with Crippen molar-refractivity contribution >= 4 is 24.2 Å². The van der Waals surface area contributed by atoms with E-state index in [0.717, 1.165) is 12.1 Å². The molecule has 1 fully saturated rings. The maximum atomic E-state index is 12.9. The predicted molar refractivity (Wildman–Crippen MR) is 89.3 cm³/mol. The van der Waals surface area contributed by atoms with Gasteiger partial charge in [-0.25, -0.2) is 4.68 Å². The molecule has 1 aromatic carbocycles. The van der Waals surface area contributed by atoms with Gasteiger partial charge in [0.15, 0.2) is 0 Å². The Bertz CT molecular complexity index is 789. The van der Waals surface area contributed by atoms with Crippen LogP contribution in [-0.4, -0.2) is 28.1 Å². The van der Waals surface area contributed by atoms with Crippen LogP contribution in [0.5, 0.6) is 0 Å². The third kappa shape index (κ3) is 3.30. The minimum absolute atomic E-state index is 0.138. The molecule has 0 unspecified atom stereocenters. The molecule has 0 radical (unpaired) electrons. The highest BCUT2D eigenvalue weighted by Crippen LogP contribution is 2.37. The van der Waals surface area contributed by atoms with E-state index >= 15 is 0 Å². The van der Waals surface area contributed by atoms with E-state index in [-0.39, 0.29) is 10.7 Å². The summed E-state index contributed by atoms with van der Waals surface area (Å²) in [6, 6.07) is 3.10. The van der Waals surface area contributed by atoms with Crippen LogP contribution in [0.1, 0.15) is 33.3 Å². The lowest BCUT2D eigenvalue weighted by molar-refractivity contribution is -0.137. The largest absolute Gasteiger partial charge is 0.498 e. The van der Waals surface area contributed by atoms with Crippen molar-refractivity contribution in [2.24, 2.45) is 0 Å². The molecule has 134 valence electrons. The van der Waals surface area contributed by atoms with Gasteiger partial charge in [-0.05, 0) is 45.9 Å². The smallest absolute Gasteiger partial charge is 0.399 e. The second-order valence-corrected chi connectivity index (χ2v) is 7.38. The molecule has 0 N–H and O–H groups in total. The number of benzene rings is 1. The van der Waals surface area contributed by atoms with E-state index < -0.39 is 30.1 Å². The lowest BCUT2D eigenvalue weighted by atomic mass is 9.82. The summed E-state index contributed by atoms with van der Waals surface area (Å²) in [4.78, 5) is 0. The zero-order valence-corrected chi connectivity index (χ0v) is 14.9. The molecule has 3 rings (SSSR count). The van der Waals surface area contributed by atoms with Gasteiger partial charge in [0.05, 0.1) is 27.5 Å². The van der Waals surface area contributed by atoms with Crippen LogP contribution in [-0.2, 0) is 15.5 Å². The SMILES string of the molecule is CC1(C)OB(c2cnn(-c3cc(C(F)(F)F)ccc3Cl)c2)OC1(C)C. The highest BCUT2D eigenvalue weighted by Gasteiger charge is 2.52. The Kier molecular flexibility index (Phi) is 4.21. The molecular formula is C16H17BClF3N2O2. The molecule has 1 aliphatic rings. The summed E-state index contributed by atoms with van der Waals surface area (Å²) in [7, 11) is -0.650. The van der Waals surface area contributed by atoms with Crippen LogP contribution in [0.3, 0.4) is 0 Å². The van der Waals surface area contributed by atoms with Gasteiger partial charge in [-0.15, -0.1) is 0 Å². The first-order valence-electron chi connectivity index (χ1n) is 7.68. The van der Waals surface area contributed by atoms with Gasteiger partial charge in [-0.2, -0.15) is 18.3 Å². The minimum Gasteiger partial charge on any atom is -0.399 e. The van der Waals surface area contributed by atoms with Crippen molar-refractivity contribution in [1.82, 2.24) is 9.78 Å². The highest BCUT2D eigenvalue weighted by molar-refractivity contribution is 6.62. The monoisotopic (exact) mass is 372 g/mol. The zero-order valence-electron chi connectivity index (χ0n) is 14.2. The molecule has 2 aromatic rings. The highest BCUT2D eigenvalue weighted by atomic mass is 35.5. The maximum Gasteiger partial charge on any atom is 0.498 e. The van der Waals surface area contributed by atoms with Crippen LogP contribution in [0.15, 0.2) is 30.6 Å². The first-order valence-corrected chi connectivity index (χ1v) is 8.06. The van der Waals surface area contributed by atoms with Crippen molar-refractivity contribution in [2.75, 3.05) is 0 Å². The van der Waals surface area contributed by atoms with Gasteiger partial charge in [-0.3, -0.25) is 0 Å². The summed E-state index contributed by atoms with van der Waals surface area (Å²) < 4.78 is 51.9. The van der Waals surface area contributed by atoms with Gasteiger partial charge >= 0.3 is 13.3 Å². The molecule has 0 spiro atoms. The quantitative estimate of drug-likeness (QED) is 0.752. The zero-order chi connectivity index (χ0) is 18.6.